The lowest BCUT2D eigenvalue weighted by molar-refractivity contribution is -0.133. The number of rotatable bonds is 4. The van der Waals surface area contributed by atoms with Crippen LogP contribution < -0.4 is 0 Å². The molecule has 0 saturated heterocycles. The summed E-state index contributed by atoms with van der Waals surface area (Å²) < 4.78 is 0. The molecule has 5 heteroatoms. The van der Waals surface area contributed by atoms with Crippen LogP contribution in [0, 0.1) is 0 Å². The maximum absolute atomic E-state index is 13.3. The minimum absolute atomic E-state index is 0.174. The van der Waals surface area contributed by atoms with E-state index in [1.165, 1.54) is 15.8 Å². The number of hydrogen-bond acceptors (Lipinski definition) is 2. The Kier molecular flexibility index (Phi) is 4.90. The van der Waals surface area contributed by atoms with Crippen molar-refractivity contribution in [3.05, 3.63) is 92.8 Å². The second kappa shape index (κ2) is 7.69. The minimum Gasteiger partial charge on any atom is -0.356 e. The molecule has 146 valence electrons. The van der Waals surface area contributed by atoms with Crippen LogP contribution in [0.15, 0.2) is 66.0 Å². The van der Waals surface area contributed by atoms with Crippen molar-refractivity contribution >= 4 is 39.7 Å². The maximum atomic E-state index is 13.3. The number of benzene rings is 2. The molecule has 1 aliphatic rings. The lowest BCUT2D eigenvalue weighted by atomic mass is 9.92. The highest BCUT2D eigenvalue weighted by molar-refractivity contribution is 7.09. The zero-order valence-electron chi connectivity index (χ0n) is 15.9. The van der Waals surface area contributed by atoms with Crippen LogP contribution in [0.3, 0.4) is 0 Å². The molecule has 0 aliphatic carbocycles. The summed E-state index contributed by atoms with van der Waals surface area (Å²) in [6.45, 7) is 0.702. The van der Waals surface area contributed by atoms with Gasteiger partial charge < -0.3 is 9.88 Å². The standard InChI is InChI=1S/C24H21ClN2OS/c25-20-9-3-1-8-19(20)24-23-18(17-7-2-4-10-21(17)26-23)13-14-27(24)22(28)12-11-16-6-5-15-29-16/h1-10,15,24,26H,11-14H2. The highest BCUT2D eigenvalue weighted by Gasteiger charge is 2.35. The number of halogens is 1. The van der Waals surface area contributed by atoms with Gasteiger partial charge in [0, 0.05) is 39.5 Å². The third-order valence-electron chi connectivity index (χ3n) is 5.72. The van der Waals surface area contributed by atoms with Gasteiger partial charge in [-0.1, -0.05) is 54.1 Å². The predicted molar refractivity (Wildman–Crippen MR) is 120 cm³/mol. The van der Waals surface area contributed by atoms with Crippen LogP contribution in [0.1, 0.15) is 34.2 Å². The van der Waals surface area contributed by atoms with Crippen molar-refractivity contribution < 1.29 is 4.79 Å². The Hall–Kier alpha value is -2.56. The summed E-state index contributed by atoms with van der Waals surface area (Å²) in [6.07, 6.45) is 2.14. The summed E-state index contributed by atoms with van der Waals surface area (Å²) in [4.78, 5) is 20.1. The first kappa shape index (κ1) is 18.5. The number of hydrogen-bond donors (Lipinski definition) is 1. The normalized spacial score (nSPS) is 16.2. The van der Waals surface area contributed by atoms with Gasteiger partial charge in [-0.3, -0.25) is 4.79 Å². The monoisotopic (exact) mass is 420 g/mol. The Bertz CT molecular complexity index is 1160. The largest absolute Gasteiger partial charge is 0.356 e. The number of amides is 1. The molecule has 5 rings (SSSR count). The Balaban J connectivity index is 1.56. The summed E-state index contributed by atoms with van der Waals surface area (Å²) in [7, 11) is 0. The first-order valence-electron chi connectivity index (χ1n) is 9.88. The lowest BCUT2D eigenvalue weighted by Gasteiger charge is -2.36. The Labute approximate surface area is 178 Å². The molecule has 0 radical (unpaired) electrons. The number of fused-ring (bicyclic) bond motifs is 3. The first-order chi connectivity index (χ1) is 14.2. The van der Waals surface area contributed by atoms with E-state index in [9.17, 15) is 4.79 Å². The van der Waals surface area contributed by atoms with Gasteiger partial charge in [-0.15, -0.1) is 11.3 Å². The van der Waals surface area contributed by atoms with Crippen molar-refractivity contribution in [2.45, 2.75) is 25.3 Å². The van der Waals surface area contributed by atoms with E-state index in [0.717, 1.165) is 29.6 Å². The number of aryl methyl sites for hydroxylation is 1. The van der Waals surface area contributed by atoms with E-state index in [0.29, 0.717) is 18.0 Å². The van der Waals surface area contributed by atoms with Crippen molar-refractivity contribution in [1.29, 1.82) is 0 Å². The highest BCUT2D eigenvalue weighted by atomic mass is 35.5. The minimum atomic E-state index is -0.185. The Morgan fingerprint density at radius 3 is 2.76 bits per heavy atom. The van der Waals surface area contributed by atoms with E-state index >= 15 is 0 Å². The zero-order chi connectivity index (χ0) is 19.8. The second-order valence-corrected chi connectivity index (χ2v) is 8.84. The number of H-pyrrole nitrogens is 1. The summed E-state index contributed by atoms with van der Waals surface area (Å²) in [5.74, 6) is 0.174. The van der Waals surface area contributed by atoms with Gasteiger partial charge in [0.1, 0.15) is 0 Å². The van der Waals surface area contributed by atoms with Gasteiger partial charge in [0.15, 0.2) is 0 Å². The molecule has 2 aromatic carbocycles. The van der Waals surface area contributed by atoms with Crippen molar-refractivity contribution in [3.63, 3.8) is 0 Å². The third-order valence-corrected chi connectivity index (χ3v) is 7.00. The van der Waals surface area contributed by atoms with Gasteiger partial charge in [0.2, 0.25) is 5.91 Å². The summed E-state index contributed by atoms with van der Waals surface area (Å²) >= 11 is 8.31. The molecule has 1 unspecified atom stereocenters. The van der Waals surface area contributed by atoms with Gasteiger partial charge in [-0.2, -0.15) is 0 Å². The van der Waals surface area contributed by atoms with Crippen LogP contribution in [0.4, 0.5) is 0 Å². The molecule has 1 aliphatic heterocycles. The third kappa shape index (κ3) is 3.37. The van der Waals surface area contributed by atoms with E-state index in [4.69, 9.17) is 11.6 Å². The van der Waals surface area contributed by atoms with E-state index in [-0.39, 0.29) is 11.9 Å². The zero-order valence-corrected chi connectivity index (χ0v) is 17.5. The van der Waals surface area contributed by atoms with E-state index in [1.54, 1.807) is 11.3 Å². The van der Waals surface area contributed by atoms with E-state index < -0.39 is 0 Å². The molecular weight excluding hydrogens is 400 g/mol. The maximum Gasteiger partial charge on any atom is 0.223 e. The Morgan fingerprint density at radius 1 is 1.10 bits per heavy atom. The van der Waals surface area contributed by atoms with Gasteiger partial charge in [0.25, 0.3) is 0 Å². The molecule has 1 N–H and O–H groups in total. The van der Waals surface area contributed by atoms with Crippen molar-refractivity contribution in [2.24, 2.45) is 0 Å². The molecule has 0 bridgehead atoms. The molecule has 0 saturated carbocycles. The molecule has 4 aromatic rings. The Morgan fingerprint density at radius 2 is 1.93 bits per heavy atom. The number of aromatic amines is 1. The average molecular weight is 421 g/mol. The van der Waals surface area contributed by atoms with Crippen LogP contribution >= 0.6 is 22.9 Å². The summed E-state index contributed by atoms with van der Waals surface area (Å²) in [5, 5.41) is 3.99. The van der Waals surface area contributed by atoms with E-state index in [1.807, 2.05) is 41.3 Å². The van der Waals surface area contributed by atoms with Crippen molar-refractivity contribution in [1.82, 2.24) is 9.88 Å². The number of carbonyl (C=O) groups is 1. The number of aromatic nitrogens is 1. The fourth-order valence-corrected chi connectivity index (χ4v) is 5.31. The van der Waals surface area contributed by atoms with Gasteiger partial charge in [0.05, 0.1) is 6.04 Å². The molecule has 1 atom stereocenters. The summed E-state index contributed by atoms with van der Waals surface area (Å²) in [5.41, 5.74) is 4.48. The molecular formula is C24H21ClN2OS. The van der Waals surface area contributed by atoms with Crippen molar-refractivity contribution in [2.75, 3.05) is 6.54 Å². The van der Waals surface area contributed by atoms with Crippen LogP contribution in [-0.2, 0) is 17.6 Å². The van der Waals surface area contributed by atoms with Crippen LogP contribution in [0.25, 0.3) is 10.9 Å². The van der Waals surface area contributed by atoms with Gasteiger partial charge in [-0.05, 0) is 47.5 Å². The molecule has 29 heavy (non-hydrogen) atoms. The topological polar surface area (TPSA) is 36.1 Å². The van der Waals surface area contributed by atoms with Gasteiger partial charge >= 0.3 is 0 Å². The fourth-order valence-electron chi connectivity index (χ4n) is 4.36. The van der Waals surface area contributed by atoms with Gasteiger partial charge in [-0.25, -0.2) is 0 Å². The second-order valence-electron chi connectivity index (χ2n) is 7.40. The molecule has 1 amide bonds. The van der Waals surface area contributed by atoms with Crippen molar-refractivity contribution in [3.8, 4) is 0 Å². The quantitative estimate of drug-likeness (QED) is 0.432. The molecule has 0 fully saturated rings. The number of para-hydroxylation sites is 1. The number of carbonyl (C=O) groups excluding carboxylic acids is 1. The SMILES string of the molecule is O=C(CCc1cccs1)N1CCc2c([nH]c3ccccc23)C1c1ccccc1Cl. The number of thiophene rings is 1. The fraction of sp³-hybridized carbons (Fsp3) is 0.208. The number of nitrogens with zero attached hydrogens (tertiary/aromatic N) is 1. The molecule has 3 heterocycles. The van der Waals surface area contributed by atoms with Crippen LogP contribution in [0.5, 0.6) is 0 Å². The van der Waals surface area contributed by atoms with Crippen LogP contribution in [-0.4, -0.2) is 22.3 Å². The number of nitrogens with one attached hydrogen (secondary N) is 1. The molecule has 2 aromatic heterocycles. The summed E-state index contributed by atoms with van der Waals surface area (Å²) in [6, 6.07) is 20.2. The average Bonchev–Trinajstić information content (AvgIpc) is 3.39. The molecule has 3 nitrogen and oxygen atoms in total. The highest BCUT2D eigenvalue weighted by Crippen LogP contribution is 2.40. The predicted octanol–water partition coefficient (Wildman–Crippen LogP) is 5.99. The lowest BCUT2D eigenvalue weighted by Crippen LogP contribution is -2.40. The van der Waals surface area contributed by atoms with Crippen LogP contribution in [0.2, 0.25) is 5.02 Å². The molecule has 0 spiro atoms. The smallest absolute Gasteiger partial charge is 0.223 e. The van der Waals surface area contributed by atoms with E-state index in [2.05, 4.69) is 34.6 Å². The first-order valence-corrected chi connectivity index (χ1v) is 11.1.